The third-order valence-corrected chi connectivity index (χ3v) is 5.28. The third-order valence-electron chi connectivity index (χ3n) is 4.48. The highest BCUT2D eigenvalue weighted by Gasteiger charge is 2.33. The van der Waals surface area contributed by atoms with Crippen molar-refractivity contribution in [1.82, 2.24) is 4.98 Å². The van der Waals surface area contributed by atoms with Crippen LogP contribution in [-0.2, 0) is 11.3 Å². The number of aromatic amines is 1. The number of carbonyl (C=O) groups excluding carboxylic acids is 2. The maximum absolute atomic E-state index is 12.6. The summed E-state index contributed by atoms with van der Waals surface area (Å²) in [6.45, 7) is 0.691. The Balaban J connectivity index is 1.68. The van der Waals surface area contributed by atoms with Crippen LogP contribution in [0.1, 0.15) is 21.5 Å². The lowest BCUT2D eigenvalue weighted by molar-refractivity contribution is -0.692. The van der Waals surface area contributed by atoms with E-state index in [0.717, 1.165) is 16.7 Å². The van der Waals surface area contributed by atoms with Crippen LogP contribution in [0.15, 0.2) is 53.8 Å². The van der Waals surface area contributed by atoms with E-state index in [1.165, 1.54) is 11.8 Å². The minimum atomic E-state index is -0.398. The SMILES string of the molecule is O=CSCC[n+]1ccc(C2=NC(=O)c3c(-c4ccc(Cl)cc4)[nH]c(O)c32)cc1. The van der Waals surface area contributed by atoms with Crippen LogP contribution in [-0.4, -0.2) is 33.1 Å². The highest BCUT2D eigenvalue weighted by Crippen LogP contribution is 2.38. The quantitative estimate of drug-likeness (QED) is 0.369. The molecule has 3 aromatic rings. The molecule has 0 unspecified atom stereocenters. The van der Waals surface area contributed by atoms with Gasteiger partial charge in [0.25, 0.3) is 5.91 Å². The number of halogens is 1. The van der Waals surface area contributed by atoms with E-state index in [9.17, 15) is 14.7 Å². The summed E-state index contributed by atoms with van der Waals surface area (Å²) in [7, 11) is 0. The Labute approximate surface area is 169 Å². The smallest absolute Gasteiger partial charge is 0.280 e. The number of thioether (sulfide) groups is 1. The molecule has 0 saturated heterocycles. The van der Waals surface area contributed by atoms with Crippen LogP contribution in [0.25, 0.3) is 11.3 Å². The van der Waals surface area contributed by atoms with Gasteiger partial charge in [-0.15, -0.1) is 0 Å². The van der Waals surface area contributed by atoms with Crippen LogP contribution >= 0.6 is 23.4 Å². The molecule has 2 aromatic heterocycles. The zero-order chi connectivity index (χ0) is 19.7. The molecular formula is C20H15ClN3O3S+. The molecule has 1 amide bonds. The zero-order valence-corrected chi connectivity index (χ0v) is 16.1. The summed E-state index contributed by atoms with van der Waals surface area (Å²) >= 11 is 7.15. The Bertz CT molecular complexity index is 1090. The fourth-order valence-electron chi connectivity index (χ4n) is 3.16. The van der Waals surface area contributed by atoms with Crippen LogP contribution in [0.3, 0.4) is 0 Å². The number of fused-ring (bicyclic) bond motifs is 1. The highest BCUT2D eigenvalue weighted by atomic mass is 35.5. The van der Waals surface area contributed by atoms with Crippen LogP contribution < -0.4 is 4.57 Å². The molecule has 0 atom stereocenters. The lowest BCUT2D eigenvalue weighted by atomic mass is 10.0. The van der Waals surface area contributed by atoms with E-state index < -0.39 is 5.91 Å². The van der Waals surface area contributed by atoms with Gasteiger partial charge in [-0.1, -0.05) is 35.5 Å². The summed E-state index contributed by atoms with van der Waals surface area (Å²) < 4.78 is 1.94. The number of nitrogens with one attached hydrogen (secondary N) is 1. The molecule has 0 aliphatic carbocycles. The number of hydrogen-bond donors (Lipinski definition) is 2. The van der Waals surface area contributed by atoms with Crippen molar-refractivity contribution < 1.29 is 19.3 Å². The molecule has 6 nitrogen and oxygen atoms in total. The number of hydrogen-bond acceptors (Lipinski definition) is 4. The Morgan fingerprint density at radius 3 is 2.50 bits per heavy atom. The zero-order valence-electron chi connectivity index (χ0n) is 14.6. The second kappa shape index (κ2) is 7.61. The van der Waals surface area contributed by atoms with Crippen LogP contribution in [0.5, 0.6) is 5.88 Å². The molecule has 0 bridgehead atoms. The summed E-state index contributed by atoms with van der Waals surface area (Å²) in [6, 6.07) is 10.7. The van der Waals surface area contributed by atoms with Gasteiger partial charge in [0.1, 0.15) is 0 Å². The molecule has 140 valence electrons. The third kappa shape index (κ3) is 3.34. The average molecular weight is 413 g/mol. The topological polar surface area (TPSA) is 86.4 Å². The van der Waals surface area contributed by atoms with Crippen molar-refractivity contribution in [3.05, 3.63) is 70.5 Å². The van der Waals surface area contributed by atoms with E-state index in [2.05, 4.69) is 9.98 Å². The van der Waals surface area contributed by atoms with E-state index in [0.29, 0.717) is 39.9 Å². The normalized spacial score (nSPS) is 12.8. The van der Waals surface area contributed by atoms with E-state index >= 15 is 0 Å². The summed E-state index contributed by atoms with van der Waals surface area (Å²) in [5, 5.41) is 11.0. The molecule has 0 radical (unpaired) electrons. The monoisotopic (exact) mass is 412 g/mol. The Morgan fingerprint density at radius 1 is 1.11 bits per heavy atom. The van der Waals surface area contributed by atoms with Crippen LogP contribution in [0.2, 0.25) is 5.02 Å². The Kier molecular flexibility index (Phi) is 5.02. The van der Waals surface area contributed by atoms with Gasteiger partial charge in [0, 0.05) is 22.7 Å². The standard InChI is InChI=1S/C20H14ClN3O3S/c21-14-3-1-12(2-4-14)17-15-16(20(27)22-17)18(23-19(15)26)13-5-7-24(8-6-13)9-10-28-11-25/h1-8,11H,9-10H2,(H,23,26)/p+1. The molecule has 4 rings (SSSR count). The van der Waals surface area contributed by atoms with Gasteiger partial charge < -0.3 is 10.1 Å². The van der Waals surface area contributed by atoms with Gasteiger partial charge >= 0.3 is 0 Å². The first-order valence-electron chi connectivity index (χ1n) is 8.47. The highest BCUT2D eigenvalue weighted by molar-refractivity contribution is 8.11. The number of aryl methyl sites for hydroxylation is 1. The number of amides is 1. The maximum atomic E-state index is 12.6. The first-order chi connectivity index (χ1) is 13.6. The second-order valence-electron chi connectivity index (χ2n) is 6.16. The minimum absolute atomic E-state index is 0.0938. The number of carbonyl (C=O) groups is 2. The van der Waals surface area contributed by atoms with Crippen molar-refractivity contribution in [3.63, 3.8) is 0 Å². The summed E-state index contributed by atoms with van der Waals surface area (Å²) in [4.78, 5) is 30.0. The van der Waals surface area contributed by atoms with Crippen molar-refractivity contribution in [3.8, 4) is 17.1 Å². The molecule has 2 N–H and O–H groups in total. The minimum Gasteiger partial charge on any atom is -0.494 e. The van der Waals surface area contributed by atoms with Crippen molar-refractivity contribution in [2.24, 2.45) is 4.99 Å². The molecule has 1 aromatic carbocycles. The number of pyridine rings is 1. The molecular weight excluding hydrogens is 398 g/mol. The van der Waals surface area contributed by atoms with Crippen molar-refractivity contribution in [1.29, 1.82) is 0 Å². The lowest BCUT2D eigenvalue weighted by Gasteiger charge is -2.01. The van der Waals surface area contributed by atoms with E-state index in [1.807, 2.05) is 29.1 Å². The Hall–Kier alpha value is -2.90. The molecule has 1 aliphatic rings. The number of aromatic nitrogens is 2. The van der Waals surface area contributed by atoms with E-state index in [4.69, 9.17) is 11.6 Å². The number of aromatic hydroxyl groups is 1. The second-order valence-corrected chi connectivity index (χ2v) is 7.53. The number of benzene rings is 1. The number of H-pyrrole nitrogens is 1. The fourth-order valence-corrected chi connectivity index (χ4v) is 3.70. The van der Waals surface area contributed by atoms with E-state index in [-0.39, 0.29) is 5.88 Å². The number of aliphatic imine (C=N–C) groups is 1. The summed E-state index contributed by atoms with van der Waals surface area (Å²) in [5.74, 6) is 0.189. The average Bonchev–Trinajstić information content (AvgIpc) is 3.22. The van der Waals surface area contributed by atoms with Crippen molar-refractivity contribution in [2.45, 2.75) is 6.54 Å². The first-order valence-corrected chi connectivity index (χ1v) is 9.90. The van der Waals surface area contributed by atoms with Gasteiger partial charge in [-0.3, -0.25) is 9.59 Å². The summed E-state index contributed by atoms with van der Waals surface area (Å²) in [6.07, 6.45) is 3.71. The summed E-state index contributed by atoms with van der Waals surface area (Å²) in [5.41, 5.74) is 4.00. The molecule has 0 fully saturated rings. The predicted octanol–water partition coefficient (Wildman–Crippen LogP) is 3.24. The van der Waals surface area contributed by atoms with Crippen molar-refractivity contribution in [2.75, 3.05) is 5.75 Å². The molecule has 0 saturated carbocycles. The molecule has 8 heteroatoms. The Morgan fingerprint density at radius 2 is 1.82 bits per heavy atom. The molecule has 28 heavy (non-hydrogen) atoms. The fraction of sp³-hybridized carbons (Fsp3) is 0.100. The van der Waals surface area contributed by atoms with Gasteiger partial charge in [0.05, 0.1) is 28.3 Å². The molecule has 1 aliphatic heterocycles. The van der Waals surface area contributed by atoms with Gasteiger partial charge in [-0.05, 0) is 17.7 Å². The van der Waals surface area contributed by atoms with Crippen molar-refractivity contribution >= 4 is 40.6 Å². The van der Waals surface area contributed by atoms with Gasteiger partial charge in [-0.2, -0.15) is 0 Å². The van der Waals surface area contributed by atoms with Crippen LogP contribution in [0, 0.1) is 0 Å². The van der Waals surface area contributed by atoms with E-state index in [1.54, 1.807) is 24.3 Å². The maximum Gasteiger partial charge on any atom is 0.280 e. The number of nitrogens with zero attached hydrogens (tertiary/aromatic N) is 2. The molecule has 3 heterocycles. The number of rotatable bonds is 6. The molecule has 0 spiro atoms. The largest absolute Gasteiger partial charge is 0.494 e. The first kappa shape index (κ1) is 18.5. The van der Waals surface area contributed by atoms with Gasteiger partial charge in [-0.25, -0.2) is 9.56 Å². The van der Waals surface area contributed by atoms with Gasteiger partial charge in [0.2, 0.25) is 0 Å². The lowest BCUT2D eigenvalue weighted by Crippen LogP contribution is -2.34. The van der Waals surface area contributed by atoms with Gasteiger partial charge in [0.15, 0.2) is 30.4 Å². The predicted molar refractivity (Wildman–Crippen MR) is 109 cm³/mol. The van der Waals surface area contributed by atoms with Crippen LogP contribution in [0.4, 0.5) is 0 Å².